The van der Waals surface area contributed by atoms with Gasteiger partial charge in [-0.3, -0.25) is 4.79 Å². The molecule has 0 bridgehead atoms. The summed E-state index contributed by atoms with van der Waals surface area (Å²) in [4.78, 5) is 24.7. The predicted octanol–water partition coefficient (Wildman–Crippen LogP) is 2.28. The number of primary amides is 1. The summed E-state index contributed by atoms with van der Waals surface area (Å²) in [5, 5.41) is 2.99. The van der Waals surface area contributed by atoms with Gasteiger partial charge in [0.1, 0.15) is 0 Å². The van der Waals surface area contributed by atoms with Crippen molar-refractivity contribution in [2.45, 2.75) is 39.7 Å². The highest BCUT2D eigenvalue weighted by molar-refractivity contribution is 5.92. The Kier molecular flexibility index (Phi) is 5.42. The molecule has 124 valence electrons. The van der Waals surface area contributed by atoms with Crippen molar-refractivity contribution in [3.8, 4) is 0 Å². The Bertz CT molecular complexity index is 629. The van der Waals surface area contributed by atoms with E-state index in [-0.39, 0.29) is 18.0 Å². The van der Waals surface area contributed by atoms with E-state index in [1.54, 1.807) is 11.0 Å². The topological polar surface area (TPSA) is 75.4 Å². The van der Waals surface area contributed by atoms with Crippen molar-refractivity contribution in [2.24, 2.45) is 5.73 Å². The lowest BCUT2D eigenvalue weighted by molar-refractivity contribution is -0.117. The second kappa shape index (κ2) is 7.31. The first kappa shape index (κ1) is 17.1. The molecule has 0 atom stereocenters. The molecule has 1 aromatic carbocycles. The van der Waals surface area contributed by atoms with Gasteiger partial charge in [0.15, 0.2) is 0 Å². The van der Waals surface area contributed by atoms with Gasteiger partial charge in [0.2, 0.25) is 5.91 Å². The maximum absolute atomic E-state index is 12.1. The van der Waals surface area contributed by atoms with E-state index in [0.717, 1.165) is 24.0 Å². The third kappa shape index (κ3) is 4.58. The standard InChI is InChI=1S/C18H25N3O2/c1-12-10-14(3)15(11-13(12)2)4-5-17(22)20-16-6-8-21(9-7-16)18(19)23/h4-5,10-11,16H,6-9H2,1-3H3,(H2,19,23)(H,20,22)/b5-4+. The number of hydrogen-bond donors (Lipinski definition) is 2. The van der Waals surface area contributed by atoms with Gasteiger partial charge in [-0.15, -0.1) is 0 Å². The fraction of sp³-hybridized carbons (Fsp3) is 0.444. The Morgan fingerprint density at radius 3 is 2.35 bits per heavy atom. The van der Waals surface area contributed by atoms with E-state index in [4.69, 9.17) is 5.73 Å². The van der Waals surface area contributed by atoms with Crippen LogP contribution in [-0.2, 0) is 4.79 Å². The van der Waals surface area contributed by atoms with E-state index in [0.29, 0.717) is 13.1 Å². The zero-order chi connectivity index (χ0) is 17.0. The summed E-state index contributed by atoms with van der Waals surface area (Å²) in [6.07, 6.45) is 4.92. The molecule has 5 nitrogen and oxygen atoms in total. The van der Waals surface area contributed by atoms with Crippen LogP contribution >= 0.6 is 0 Å². The van der Waals surface area contributed by atoms with E-state index >= 15 is 0 Å². The van der Waals surface area contributed by atoms with Crippen molar-refractivity contribution in [2.75, 3.05) is 13.1 Å². The number of urea groups is 1. The second-order valence-electron chi connectivity index (χ2n) is 6.23. The lowest BCUT2D eigenvalue weighted by atomic mass is 10.0. The summed E-state index contributed by atoms with van der Waals surface area (Å²) >= 11 is 0. The average molecular weight is 315 g/mol. The van der Waals surface area contributed by atoms with Crippen LogP contribution in [-0.4, -0.2) is 36.0 Å². The molecule has 1 fully saturated rings. The molecule has 2 rings (SSSR count). The Morgan fingerprint density at radius 1 is 1.13 bits per heavy atom. The van der Waals surface area contributed by atoms with Crippen LogP contribution in [0.2, 0.25) is 0 Å². The molecule has 1 heterocycles. The molecule has 0 aromatic heterocycles. The minimum atomic E-state index is -0.389. The quantitative estimate of drug-likeness (QED) is 0.840. The molecule has 1 aliphatic heterocycles. The minimum absolute atomic E-state index is 0.0971. The fourth-order valence-electron chi connectivity index (χ4n) is 2.82. The monoisotopic (exact) mass is 315 g/mol. The number of nitrogens with two attached hydrogens (primary N) is 1. The summed E-state index contributed by atoms with van der Waals surface area (Å²) in [6.45, 7) is 7.39. The SMILES string of the molecule is Cc1cc(C)c(/C=C/C(=O)NC2CCN(C(N)=O)CC2)cc1C. The number of aryl methyl sites for hydroxylation is 3. The highest BCUT2D eigenvalue weighted by atomic mass is 16.2. The van der Waals surface area contributed by atoms with Gasteiger partial charge in [0.25, 0.3) is 0 Å². The van der Waals surface area contributed by atoms with Gasteiger partial charge in [-0.2, -0.15) is 0 Å². The third-order valence-corrected chi connectivity index (χ3v) is 4.45. The second-order valence-corrected chi connectivity index (χ2v) is 6.23. The molecule has 0 radical (unpaired) electrons. The molecule has 1 aromatic rings. The van der Waals surface area contributed by atoms with E-state index in [9.17, 15) is 9.59 Å². The third-order valence-electron chi connectivity index (χ3n) is 4.45. The van der Waals surface area contributed by atoms with Crippen LogP contribution < -0.4 is 11.1 Å². The zero-order valence-corrected chi connectivity index (χ0v) is 14.1. The van der Waals surface area contributed by atoms with E-state index in [1.165, 1.54) is 11.1 Å². The van der Waals surface area contributed by atoms with Crippen LogP contribution in [0.1, 0.15) is 35.1 Å². The van der Waals surface area contributed by atoms with E-state index in [2.05, 4.69) is 31.3 Å². The van der Waals surface area contributed by atoms with Crippen molar-refractivity contribution in [3.05, 3.63) is 40.5 Å². The number of carbonyl (C=O) groups excluding carboxylic acids is 2. The molecule has 0 unspecified atom stereocenters. The number of benzene rings is 1. The Balaban J connectivity index is 1.90. The van der Waals surface area contributed by atoms with Crippen LogP contribution in [0.15, 0.2) is 18.2 Å². The highest BCUT2D eigenvalue weighted by Crippen LogP contribution is 2.16. The number of amides is 3. The van der Waals surface area contributed by atoms with E-state index < -0.39 is 0 Å². The molecule has 5 heteroatoms. The molecule has 3 N–H and O–H groups in total. The molecule has 0 saturated carbocycles. The van der Waals surface area contributed by atoms with Gasteiger partial charge in [-0.05, 0) is 61.9 Å². The Morgan fingerprint density at radius 2 is 1.74 bits per heavy atom. The first-order valence-electron chi connectivity index (χ1n) is 7.97. The number of piperidine rings is 1. The molecule has 1 saturated heterocycles. The number of hydrogen-bond acceptors (Lipinski definition) is 2. The number of rotatable bonds is 3. The largest absolute Gasteiger partial charge is 0.351 e. The van der Waals surface area contributed by atoms with Gasteiger partial charge in [-0.1, -0.05) is 12.1 Å². The summed E-state index contributed by atoms with van der Waals surface area (Å²) in [6, 6.07) is 3.94. The van der Waals surface area contributed by atoms with Gasteiger partial charge < -0.3 is 16.0 Å². The molecule has 23 heavy (non-hydrogen) atoms. The summed E-state index contributed by atoms with van der Waals surface area (Å²) < 4.78 is 0. The Labute approximate surface area is 137 Å². The van der Waals surface area contributed by atoms with Crippen molar-refractivity contribution >= 4 is 18.0 Å². The van der Waals surface area contributed by atoms with Crippen LogP contribution in [0.3, 0.4) is 0 Å². The minimum Gasteiger partial charge on any atom is -0.351 e. The fourth-order valence-corrected chi connectivity index (χ4v) is 2.82. The number of nitrogens with one attached hydrogen (secondary N) is 1. The van der Waals surface area contributed by atoms with Crippen LogP contribution in [0.25, 0.3) is 6.08 Å². The van der Waals surface area contributed by atoms with Gasteiger partial charge in [0.05, 0.1) is 0 Å². The summed E-state index contributed by atoms with van der Waals surface area (Å²) in [7, 11) is 0. The average Bonchev–Trinajstić information content (AvgIpc) is 2.50. The number of nitrogens with zero attached hydrogens (tertiary/aromatic N) is 1. The van der Waals surface area contributed by atoms with E-state index in [1.807, 2.05) is 13.0 Å². The molecular formula is C18H25N3O2. The lowest BCUT2D eigenvalue weighted by Crippen LogP contribution is -2.47. The van der Waals surface area contributed by atoms with Gasteiger partial charge in [0, 0.05) is 25.2 Å². The maximum Gasteiger partial charge on any atom is 0.314 e. The predicted molar refractivity (Wildman–Crippen MR) is 92.0 cm³/mol. The maximum atomic E-state index is 12.1. The van der Waals surface area contributed by atoms with Crippen LogP contribution in [0.4, 0.5) is 4.79 Å². The van der Waals surface area contributed by atoms with Crippen molar-refractivity contribution < 1.29 is 9.59 Å². The first-order chi connectivity index (χ1) is 10.9. The molecule has 3 amide bonds. The zero-order valence-electron chi connectivity index (χ0n) is 14.1. The summed E-state index contributed by atoms with van der Waals surface area (Å²) in [5.41, 5.74) is 9.94. The number of likely N-dealkylation sites (tertiary alicyclic amines) is 1. The smallest absolute Gasteiger partial charge is 0.314 e. The van der Waals surface area contributed by atoms with Gasteiger partial charge in [-0.25, -0.2) is 4.79 Å². The van der Waals surface area contributed by atoms with Gasteiger partial charge >= 0.3 is 6.03 Å². The molecule has 1 aliphatic rings. The number of carbonyl (C=O) groups is 2. The van der Waals surface area contributed by atoms with Crippen LogP contribution in [0.5, 0.6) is 0 Å². The van der Waals surface area contributed by atoms with Crippen LogP contribution in [0, 0.1) is 20.8 Å². The highest BCUT2D eigenvalue weighted by Gasteiger charge is 2.21. The summed E-state index contributed by atoms with van der Waals surface area (Å²) in [5.74, 6) is -0.0971. The van der Waals surface area contributed by atoms with Crippen molar-refractivity contribution in [1.29, 1.82) is 0 Å². The molecule has 0 spiro atoms. The molecular weight excluding hydrogens is 290 g/mol. The van der Waals surface area contributed by atoms with Crippen molar-refractivity contribution in [3.63, 3.8) is 0 Å². The normalized spacial score (nSPS) is 15.9. The first-order valence-corrected chi connectivity index (χ1v) is 7.97. The Hall–Kier alpha value is -2.30. The van der Waals surface area contributed by atoms with Crippen molar-refractivity contribution in [1.82, 2.24) is 10.2 Å². The lowest BCUT2D eigenvalue weighted by Gasteiger charge is -2.30. The molecule has 0 aliphatic carbocycles.